The molecule has 0 radical (unpaired) electrons. The quantitative estimate of drug-likeness (QED) is 0.523. The van der Waals surface area contributed by atoms with E-state index in [0.717, 1.165) is 23.0 Å². The third kappa shape index (κ3) is 6.76. The van der Waals surface area contributed by atoms with Crippen molar-refractivity contribution >= 4 is 39.1 Å². The molecule has 4 heteroatoms. The number of hydrogen-bond donors (Lipinski definition) is 1. The molecular formula is C16H23BrClNO. The smallest absolute Gasteiger partial charge is 0.224 e. The highest BCUT2D eigenvalue weighted by Crippen LogP contribution is 2.30. The summed E-state index contributed by atoms with van der Waals surface area (Å²) in [6.07, 6.45) is 9.10. The fourth-order valence-corrected chi connectivity index (χ4v) is 2.59. The van der Waals surface area contributed by atoms with Crippen molar-refractivity contribution in [2.45, 2.75) is 58.3 Å². The Morgan fingerprint density at radius 3 is 2.50 bits per heavy atom. The van der Waals surface area contributed by atoms with Crippen LogP contribution in [-0.4, -0.2) is 5.91 Å². The first-order valence-electron chi connectivity index (χ1n) is 7.39. The van der Waals surface area contributed by atoms with E-state index in [4.69, 9.17) is 11.6 Å². The molecule has 1 aromatic carbocycles. The van der Waals surface area contributed by atoms with Crippen LogP contribution < -0.4 is 5.32 Å². The minimum Gasteiger partial charge on any atom is -0.325 e. The lowest BCUT2D eigenvalue weighted by molar-refractivity contribution is -0.116. The second-order valence-corrected chi connectivity index (χ2v) is 6.22. The zero-order chi connectivity index (χ0) is 14.8. The minimum absolute atomic E-state index is 0.0570. The highest BCUT2D eigenvalue weighted by molar-refractivity contribution is 9.10. The first-order valence-corrected chi connectivity index (χ1v) is 8.56. The Balaban J connectivity index is 2.19. The van der Waals surface area contributed by atoms with Gasteiger partial charge in [-0.05, 0) is 34.5 Å². The number of unbranched alkanes of at least 4 members (excludes halogenated alkanes) is 6. The molecule has 2 nitrogen and oxygen atoms in total. The maximum atomic E-state index is 11.8. The number of carbonyl (C=O) groups excluding carboxylic acids is 1. The van der Waals surface area contributed by atoms with Gasteiger partial charge in [0.25, 0.3) is 0 Å². The lowest BCUT2D eigenvalue weighted by Crippen LogP contribution is -2.11. The van der Waals surface area contributed by atoms with Crippen LogP contribution in [0, 0.1) is 0 Å². The van der Waals surface area contributed by atoms with Crippen molar-refractivity contribution in [2.24, 2.45) is 0 Å². The first-order chi connectivity index (χ1) is 9.65. The van der Waals surface area contributed by atoms with E-state index in [1.807, 2.05) is 12.1 Å². The molecule has 0 aliphatic heterocycles. The average molecular weight is 361 g/mol. The summed E-state index contributed by atoms with van der Waals surface area (Å²) in [5.74, 6) is 0.0570. The van der Waals surface area contributed by atoms with Crippen LogP contribution in [0.15, 0.2) is 22.7 Å². The SMILES string of the molecule is CCCCCCCCCC(=O)Nc1cccc(Cl)c1Br. The van der Waals surface area contributed by atoms with E-state index < -0.39 is 0 Å². The number of halogens is 2. The number of benzene rings is 1. The van der Waals surface area contributed by atoms with Crippen LogP contribution in [0.3, 0.4) is 0 Å². The fraction of sp³-hybridized carbons (Fsp3) is 0.562. The molecule has 0 saturated heterocycles. The van der Waals surface area contributed by atoms with Crippen molar-refractivity contribution in [1.29, 1.82) is 0 Å². The van der Waals surface area contributed by atoms with Gasteiger partial charge in [0, 0.05) is 6.42 Å². The van der Waals surface area contributed by atoms with E-state index in [0.29, 0.717) is 11.4 Å². The van der Waals surface area contributed by atoms with Gasteiger partial charge < -0.3 is 5.32 Å². The van der Waals surface area contributed by atoms with Crippen LogP contribution in [0.2, 0.25) is 5.02 Å². The summed E-state index contributed by atoms with van der Waals surface area (Å²) in [5, 5.41) is 3.50. The van der Waals surface area contributed by atoms with Crippen LogP contribution in [0.5, 0.6) is 0 Å². The number of carbonyl (C=O) groups is 1. The summed E-state index contributed by atoms with van der Waals surface area (Å²) in [6.45, 7) is 2.22. The molecule has 1 aromatic rings. The number of amides is 1. The summed E-state index contributed by atoms with van der Waals surface area (Å²) in [6, 6.07) is 5.46. The summed E-state index contributed by atoms with van der Waals surface area (Å²) in [5.41, 5.74) is 0.741. The normalized spacial score (nSPS) is 10.6. The van der Waals surface area contributed by atoms with Gasteiger partial charge in [-0.2, -0.15) is 0 Å². The molecule has 1 N–H and O–H groups in total. The maximum absolute atomic E-state index is 11.8. The van der Waals surface area contributed by atoms with E-state index in [9.17, 15) is 4.79 Å². The van der Waals surface area contributed by atoms with E-state index in [1.54, 1.807) is 6.07 Å². The molecule has 1 rings (SSSR count). The molecule has 0 aromatic heterocycles. The molecule has 20 heavy (non-hydrogen) atoms. The molecule has 0 atom stereocenters. The van der Waals surface area contributed by atoms with E-state index in [1.165, 1.54) is 32.1 Å². The molecule has 1 amide bonds. The van der Waals surface area contributed by atoms with Crippen molar-refractivity contribution in [1.82, 2.24) is 0 Å². The third-order valence-electron chi connectivity index (χ3n) is 3.23. The molecule has 0 saturated carbocycles. The van der Waals surface area contributed by atoms with Crippen LogP contribution in [0.1, 0.15) is 58.3 Å². The van der Waals surface area contributed by atoms with Crippen LogP contribution in [0.4, 0.5) is 5.69 Å². The Morgan fingerprint density at radius 2 is 1.80 bits per heavy atom. The second-order valence-electron chi connectivity index (χ2n) is 5.02. The van der Waals surface area contributed by atoms with Gasteiger partial charge in [0.15, 0.2) is 0 Å². The fourth-order valence-electron chi connectivity index (χ4n) is 2.06. The molecule has 0 unspecified atom stereocenters. The maximum Gasteiger partial charge on any atom is 0.224 e. The molecular weight excluding hydrogens is 338 g/mol. The summed E-state index contributed by atoms with van der Waals surface area (Å²) in [4.78, 5) is 11.8. The molecule has 0 heterocycles. The van der Waals surface area contributed by atoms with Gasteiger partial charge in [0.1, 0.15) is 0 Å². The number of rotatable bonds is 9. The van der Waals surface area contributed by atoms with Gasteiger partial charge in [-0.15, -0.1) is 0 Å². The highest BCUT2D eigenvalue weighted by atomic mass is 79.9. The van der Waals surface area contributed by atoms with Crippen molar-refractivity contribution in [3.8, 4) is 0 Å². The Morgan fingerprint density at radius 1 is 1.15 bits per heavy atom. The van der Waals surface area contributed by atoms with Gasteiger partial charge in [-0.25, -0.2) is 0 Å². The van der Waals surface area contributed by atoms with Crippen LogP contribution >= 0.6 is 27.5 Å². The summed E-state index contributed by atoms with van der Waals surface area (Å²) >= 11 is 9.37. The van der Waals surface area contributed by atoms with Gasteiger partial charge in [-0.3, -0.25) is 4.79 Å². The summed E-state index contributed by atoms with van der Waals surface area (Å²) in [7, 11) is 0. The molecule has 0 aliphatic rings. The second kappa shape index (κ2) is 10.2. The van der Waals surface area contributed by atoms with Crippen LogP contribution in [-0.2, 0) is 4.79 Å². The largest absolute Gasteiger partial charge is 0.325 e. The van der Waals surface area contributed by atoms with Gasteiger partial charge in [0.2, 0.25) is 5.91 Å². The van der Waals surface area contributed by atoms with E-state index in [-0.39, 0.29) is 5.91 Å². The van der Waals surface area contributed by atoms with E-state index in [2.05, 4.69) is 28.2 Å². The Hall–Kier alpha value is -0.540. The summed E-state index contributed by atoms with van der Waals surface area (Å²) < 4.78 is 0.745. The molecule has 112 valence electrons. The van der Waals surface area contributed by atoms with Crippen molar-refractivity contribution in [2.75, 3.05) is 5.32 Å². The third-order valence-corrected chi connectivity index (χ3v) is 4.63. The first kappa shape index (κ1) is 17.5. The molecule has 0 spiro atoms. The van der Waals surface area contributed by atoms with Crippen molar-refractivity contribution < 1.29 is 4.79 Å². The van der Waals surface area contributed by atoms with Gasteiger partial charge in [-0.1, -0.05) is 63.1 Å². The molecule has 0 aliphatic carbocycles. The van der Waals surface area contributed by atoms with Crippen molar-refractivity contribution in [3.05, 3.63) is 27.7 Å². The highest BCUT2D eigenvalue weighted by Gasteiger charge is 2.07. The van der Waals surface area contributed by atoms with Gasteiger partial charge in [0.05, 0.1) is 15.2 Å². The predicted molar refractivity (Wildman–Crippen MR) is 90.4 cm³/mol. The Bertz CT molecular complexity index is 423. The molecule has 0 fully saturated rings. The monoisotopic (exact) mass is 359 g/mol. The average Bonchev–Trinajstić information content (AvgIpc) is 2.43. The Kier molecular flexibility index (Phi) is 8.95. The lowest BCUT2D eigenvalue weighted by Gasteiger charge is -2.08. The Labute approximate surface area is 135 Å². The van der Waals surface area contributed by atoms with Crippen LogP contribution in [0.25, 0.3) is 0 Å². The minimum atomic E-state index is 0.0570. The number of hydrogen-bond acceptors (Lipinski definition) is 1. The zero-order valence-electron chi connectivity index (χ0n) is 12.1. The molecule has 0 bridgehead atoms. The number of anilines is 1. The zero-order valence-corrected chi connectivity index (χ0v) is 14.4. The standard InChI is InChI=1S/C16H23BrClNO/c1-2-3-4-5-6-7-8-12-15(20)19-14-11-9-10-13(18)16(14)17/h9-11H,2-8,12H2,1H3,(H,19,20). The van der Waals surface area contributed by atoms with E-state index >= 15 is 0 Å². The van der Waals surface area contributed by atoms with Gasteiger partial charge >= 0.3 is 0 Å². The predicted octanol–water partition coefficient (Wildman–Crippen LogP) is 6.18. The van der Waals surface area contributed by atoms with Crippen molar-refractivity contribution in [3.63, 3.8) is 0 Å². The lowest BCUT2D eigenvalue weighted by atomic mass is 10.1. The topological polar surface area (TPSA) is 29.1 Å². The number of nitrogens with one attached hydrogen (secondary N) is 1.